The van der Waals surface area contributed by atoms with Crippen LogP contribution in [0.25, 0.3) is 6.08 Å². The molecule has 0 aromatic heterocycles. The van der Waals surface area contributed by atoms with E-state index in [0.29, 0.717) is 12.3 Å². The highest BCUT2D eigenvalue weighted by molar-refractivity contribution is 7.89. The first-order valence-electron chi connectivity index (χ1n) is 9.44. The van der Waals surface area contributed by atoms with Gasteiger partial charge in [0.15, 0.2) is 0 Å². The van der Waals surface area contributed by atoms with Crippen LogP contribution in [0.15, 0.2) is 84.8 Å². The summed E-state index contributed by atoms with van der Waals surface area (Å²) in [7, 11) is -3.67. The monoisotopic (exact) mass is 426 g/mol. The first-order valence-corrected chi connectivity index (χ1v) is 10.9. The largest absolute Gasteiger partial charge is 0.494 e. The van der Waals surface area contributed by atoms with Gasteiger partial charge in [-0.1, -0.05) is 24.3 Å². The maximum atomic E-state index is 12.7. The van der Waals surface area contributed by atoms with Crippen LogP contribution in [0.3, 0.4) is 0 Å². The van der Waals surface area contributed by atoms with Crippen LogP contribution < -0.4 is 10.1 Å². The number of rotatable bonds is 11. The van der Waals surface area contributed by atoms with Crippen molar-refractivity contribution in [1.82, 2.24) is 4.31 Å². The first kappa shape index (κ1) is 23.1. The Kier molecular flexibility index (Phi) is 8.58. The summed E-state index contributed by atoms with van der Waals surface area (Å²) in [6.07, 6.45) is 6.14. The number of amides is 1. The summed E-state index contributed by atoms with van der Waals surface area (Å²) in [5, 5.41) is 2.71. The average Bonchev–Trinajstić information content (AvgIpc) is 2.74. The molecule has 0 aliphatic rings. The zero-order valence-corrected chi connectivity index (χ0v) is 17.8. The van der Waals surface area contributed by atoms with Crippen LogP contribution in [0.5, 0.6) is 5.75 Å². The van der Waals surface area contributed by atoms with Crippen molar-refractivity contribution in [3.8, 4) is 5.75 Å². The molecule has 0 heterocycles. The fourth-order valence-corrected chi connectivity index (χ4v) is 4.00. The number of nitrogens with one attached hydrogen (secondary N) is 1. The summed E-state index contributed by atoms with van der Waals surface area (Å²) in [6, 6.07) is 13.4. The minimum Gasteiger partial charge on any atom is -0.494 e. The van der Waals surface area contributed by atoms with E-state index in [1.165, 1.54) is 34.7 Å². The Bertz CT molecular complexity index is 985. The third kappa shape index (κ3) is 6.43. The molecule has 2 aromatic carbocycles. The van der Waals surface area contributed by atoms with Gasteiger partial charge in [0.1, 0.15) is 5.75 Å². The van der Waals surface area contributed by atoms with Crippen molar-refractivity contribution < 1.29 is 17.9 Å². The number of anilines is 1. The van der Waals surface area contributed by atoms with Gasteiger partial charge in [-0.05, 0) is 55.0 Å². The van der Waals surface area contributed by atoms with Crippen LogP contribution in [0.2, 0.25) is 0 Å². The number of hydrogen-bond acceptors (Lipinski definition) is 4. The number of carbonyl (C=O) groups is 1. The quantitative estimate of drug-likeness (QED) is 0.434. The second-order valence-electron chi connectivity index (χ2n) is 6.25. The van der Waals surface area contributed by atoms with E-state index < -0.39 is 10.0 Å². The van der Waals surface area contributed by atoms with Crippen LogP contribution in [-0.2, 0) is 14.8 Å². The van der Waals surface area contributed by atoms with Gasteiger partial charge in [0, 0.05) is 24.9 Å². The fourth-order valence-electron chi connectivity index (χ4n) is 2.62. The average molecular weight is 427 g/mol. The van der Waals surface area contributed by atoms with Gasteiger partial charge in [0.05, 0.1) is 11.5 Å². The predicted octanol–water partition coefficient (Wildman–Crippen LogP) is 4.10. The molecule has 0 atom stereocenters. The normalized spacial score (nSPS) is 11.4. The maximum Gasteiger partial charge on any atom is 0.248 e. The molecule has 2 aromatic rings. The molecule has 0 saturated carbocycles. The Morgan fingerprint density at radius 2 is 1.63 bits per heavy atom. The summed E-state index contributed by atoms with van der Waals surface area (Å²) < 4.78 is 32.0. The summed E-state index contributed by atoms with van der Waals surface area (Å²) in [4.78, 5) is 12.3. The number of sulfonamides is 1. The second-order valence-corrected chi connectivity index (χ2v) is 8.19. The van der Waals surface area contributed by atoms with Gasteiger partial charge in [0.2, 0.25) is 15.9 Å². The summed E-state index contributed by atoms with van der Waals surface area (Å²) in [5.41, 5.74) is 1.36. The molecule has 0 aliphatic carbocycles. The Morgan fingerprint density at radius 1 is 1.03 bits per heavy atom. The van der Waals surface area contributed by atoms with Crippen molar-refractivity contribution in [2.45, 2.75) is 11.8 Å². The van der Waals surface area contributed by atoms with Crippen LogP contribution in [-0.4, -0.2) is 38.3 Å². The first-order chi connectivity index (χ1) is 14.4. The number of carbonyl (C=O) groups excluding carboxylic acids is 1. The van der Waals surface area contributed by atoms with Crippen LogP contribution in [0, 0.1) is 0 Å². The summed E-state index contributed by atoms with van der Waals surface area (Å²) in [5.74, 6) is 0.452. The van der Waals surface area contributed by atoms with Crippen molar-refractivity contribution >= 4 is 27.7 Å². The van der Waals surface area contributed by atoms with Gasteiger partial charge in [-0.15, -0.1) is 13.2 Å². The van der Waals surface area contributed by atoms with E-state index >= 15 is 0 Å². The molecular formula is C23H26N2O4S. The Hall–Kier alpha value is -3.16. The van der Waals surface area contributed by atoms with Crippen molar-refractivity contribution in [3.05, 3.63) is 85.5 Å². The van der Waals surface area contributed by atoms with E-state index in [-0.39, 0.29) is 23.9 Å². The molecular weight excluding hydrogens is 400 g/mol. The van der Waals surface area contributed by atoms with E-state index in [0.717, 1.165) is 11.3 Å². The van der Waals surface area contributed by atoms with Crippen molar-refractivity contribution in [2.75, 3.05) is 25.0 Å². The molecule has 1 amide bonds. The molecule has 30 heavy (non-hydrogen) atoms. The molecule has 7 heteroatoms. The standard InChI is InChI=1S/C23H26N2O4S/c1-4-17-25(18-5-2)30(27,28)22-14-10-20(11-15-22)24-23(26)16-9-19-7-12-21(13-8-19)29-6-3/h4-5,7-16H,1-2,6,17-18H2,3H3,(H,24,26)/b16-9+. The van der Waals surface area contributed by atoms with Gasteiger partial charge in [-0.25, -0.2) is 8.42 Å². The number of benzene rings is 2. The Labute approximate surface area is 178 Å². The highest BCUT2D eigenvalue weighted by Crippen LogP contribution is 2.19. The van der Waals surface area contributed by atoms with Gasteiger partial charge in [-0.2, -0.15) is 4.31 Å². The lowest BCUT2D eigenvalue weighted by Gasteiger charge is -2.19. The molecule has 0 bridgehead atoms. The van der Waals surface area contributed by atoms with Crippen LogP contribution >= 0.6 is 0 Å². The topological polar surface area (TPSA) is 75.7 Å². The molecule has 6 nitrogen and oxygen atoms in total. The SMILES string of the molecule is C=CCN(CC=C)S(=O)(=O)c1ccc(NC(=O)/C=C/c2ccc(OCC)cc2)cc1. The lowest BCUT2D eigenvalue weighted by atomic mass is 10.2. The molecule has 0 fully saturated rings. The maximum absolute atomic E-state index is 12.7. The Balaban J connectivity index is 2.03. The molecule has 0 spiro atoms. The second kappa shape index (κ2) is 11.1. The smallest absolute Gasteiger partial charge is 0.248 e. The molecule has 0 aliphatic heterocycles. The van der Waals surface area contributed by atoms with Crippen molar-refractivity contribution in [1.29, 1.82) is 0 Å². The van der Waals surface area contributed by atoms with E-state index in [2.05, 4.69) is 18.5 Å². The van der Waals surface area contributed by atoms with E-state index in [1.54, 1.807) is 18.2 Å². The molecule has 0 radical (unpaired) electrons. The van der Waals surface area contributed by atoms with Crippen molar-refractivity contribution in [3.63, 3.8) is 0 Å². The van der Waals surface area contributed by atoms with Gasteiger partial charge in [-0.3, -0.25) is 4.79 Å². The van der Waals surface area contributed by atoms with E-state index in [9.17, 15) is 13.2 Å². The van der Waals surface area contributed by atoms with Gasteiger partial charge >= 0.3 is 0 Å². The van der Waals surface area contributed by atoms with E-state index in [4.69, 9.17) is 4.74 Å². The zero-order chi connectivity index (χ0) is 22.0. The fraction of sp³-hybridized carbons (Fsp3) is 0.174. The molecule has 0 unspecified atom stereocenters. The highest BCUT2D eigenvalue weighted by atomic mass is 32.2. The lowest BCUT2D eigenvalue weighted by molar-refractivity contribution is -0.111. The Morgan fingerprint density at radius 3 is 2.17 bits per heavy atom. The minimum atomic E-state index is -3.67. The third-order valence-electron chi connectivity index (χ3n) is 4.04. The minimum absolute atomic E-state index is 0.133. The summed E-state index contributed by atoms with van der Waals surface area (Å²) >= 11 is 0. The molecule has 1 N–H and O–H groups in total. The number of nitrogens with zero attached hydrogens (tertiary/aromatic N) is 1. The van der Waals surface area contributed by atoms with Gasteiger partial charge < -0.3 is 10.1 Å². The van der Waals surface area contributed by atoms with Gasteiger partial charge in [0.25, 0.3) is 0 Å². The zero-order valence-electron chi connectivity index (χ0n) is 17.0. The third-order valence-corrected chi connectivity index (χ3v) is 5.89. The molecule has 0 saturated heterocycles. The number of ether oxygens (including phenoxy) is 1. The summed E-state index contributed by atoms with van der Waals surface area (Å²) in [6.45, 7) is 10.1. The van der Waals surface area contributed by atoms with E-state index in [1.807, 2.05) is 31.2 Å². The highest BCUT2D eigenvalue weighted by Gasteiger charge is 2.22. The predicted molar refractivity (Wildman–Crippen MR) is 121 cm³/mol. The van der Waals surface area contributed by atoms with Crippen LogP contribution in [0.4, 0.5) is 5.69 Å². The van der Waals surface area contributed by atoms with Crippen LogP contribution in [0.1, 0.15) is 12.5 Å². The van der Waals surface area contributed by atoms with Crippen molar-refractivity contribution in [2.24, 2.45) is 0 Å². The number of hydrogen-bond donors (Lipinski definition) is 1. The lowest BCUT2D eigenvalue weighted by Crippen LogP contribution is -2.31. The molecule has 158 valence electrons. The molecule has 2 rings (SSSR count).